The quantitative estimate of drug-likeness (QED) is 0.508. The summed E-state index contributed by atoms with van der Waals surface area (Å²) in [6, 6.07) is 16.3. The Balaban J connectivity index is 1.31. The van der Waals surface area contributed by atoms with Gasteiger partial charge in [-0.25, -0.2) is 4.79 Å². The first-order valence-corrected chi connectivity index (χ1v) is 13.1. The van der Waals surface area contributed by atoms with Crippen LogP contribution in [0.5, 0.6) is 0 Å². The van der Waals surface area contributed by atoms with Crippen LogP contribution in [-0.4, -0.2) is 66.9 Å². The van der Waals surface area contributed by atoms with E-state index >= 15 is 0 Å². The third-order valence-electron chi connectivity index (χ3n) is 7.05. The van der Waals surface area contributed by atoms with E-state index in [1.165, 1.54) is 6.26 Å². The molecule has 0 spiro atoms. The maximum atomic E-state index is 13.6. The Morgan fingerprint density at radius 1 is 0.763 bits per heavy atom. The van der Waals surface area contributed by atoms with Crippen LogP contribution in [0.25, 0.3) is 0 Å². The summed E-state index contributed by atoms with van der Waals surface area (Å²) in [5.74, 6) is -0.196. The Kier molecular flexibility index (Phi) is 7.62. The number of urea groups is 1. The standard InChI is InChI=1S/C29H33N5O4/c1-21-7-5-8-22(19-21)31-29(37)34-16-14-32(15-17-34)25-11-10-23(30-27(35)26-9-6-18-38-26)20-24(25)28(36)33-12-3-2-4-13-33/h5-11,18-20H,2-4,12-17H2,1H3,(H,30,35)(H,31,37). The normalized spacial score (nSPS) is 15.8. The molecule has 3 aromatic rings. The minimum Gasteiger partial charge on any atom is -0.459 e. The fourth-order valence-corrected chi connectivity index (χ4v) is 5.00. The van der Waals surface area contributed by atoms with Gasteiger partial charge in [-0.2, -0.15) is 0 Å². The number of aryl methyl sites for hydroxylation is 1. The molecule has 0 atom stereocenters. The van der Waals surface area contributed by atoms with E-state index in [2.05, 4.69) is 15.5 Å². The van der Waals surface area contributed by atoms with Gasteiger partial charge in [0, 0.05) is 56.3 Å². The number of hydrogen-bond donors (Lipinski definition) is 2. The predicted molar refractivity (Wildman–Crippen MR) is 147 cm³/mol. The number of carbonyl (C=O) groups excluding carboxylic acids is 3. The summed E-state index contributed by atoms with van der Waals surface area (Å²) in [5.41, 5.74) is 3.77. The molecule has 2 saturated heterocycles. The smallest absolute Gasteiger partial charge is 0.321 e. The van der Waals surface area contributed by atoms with Crippen LogP contribution >= 0.6 is 0 Å². The number of hydrogen-bond acceptors (Lipinski definition) is 5. The molecule has 198 valence electrons. The first-order valence-electron chi connectivity index (χ1n) is 13.1. The van der Waals surface area contributed by atoms with Gasteiger partial charge in [-0.1, -0.05) is 12.1 Å². The zero-order valence-electron chi connectivity index (χ0n) is 21.6. The number of anilines is 3. The van der Waals surface area contributed by atoms with Crippen LogP contribution in [0.2, 0.25) is 0 Å². The molecular weight excluding hydrogens is 482 g/mol. The largest absolute Gasteiger partial charge is 0.459 e. The zero-order chi connectivity index (χ0) is 26.5. The van der Waals surface area contributed by atoms with Crippen LogP contribution < -0.4 is 15.5 Å². The third kappa shape index (κ3) is 5.82. The summed E-state index contributed by atoms with van der Waals surface area (Å²) in [4.78, 5) is 44.8. The van der Waals surface area contributed by atoms with E-state index in [1.807, 2.05) is 42.2 Å². The maximum absolute atomic E-state index is 13.6. The highest BCUT2D eigenvalue weighted by atomic mass is 16.3. The van der Waals surface area contributed by atoms with Gasteiger partial charge in [0.05, 0.1) is 11.8 Å². The molecule has 2 aliphatic heterocycles. The lowest BCUT2D eigenvalue weighted by Crippen LogP contribution is -2.50. The molecule has 2 N–H and O–H groups in total. The fourth-order valence-electron chi connectivity index (χ4n) is 5.00. The summed E-state index contributed by atoms with van der Waals surface area (Å²) < 4.78 is 5.20. The topological polar surface area (TPSA) is 98.1 Å². The van der Waals surface area contributed by atoms with Crippen LogP contribution in [0.1, 0.15) is 45.7 Å². The molecule has 38 heavy (non-hydrogen) atoms. The highest BCUT2D eigenvalue weighted by Crippen LogP contribution is 2.28. The van der Waals surface area contributed by atoms with Gasteiger partial charge >= 0.3 is 6.03 Å². The summed E-state index contributed by atoms with van der Waals surface area (Å²) in [6.45, 7) is 5.71. The molecule has 2 aliphatic rings. The molecular formula is C29H33N5O4. The van der Waals surface area contributed by atoms with E-state index in [4.69, 9.17) is 4.42 Å². The average Bonchev–Trinajstić information content (AvgIpc) is 3.49. The van der Waals surface area contributed by atoms with Crippen molar-refractivity contribution >= 4 is 34.9 Å². The van der Waals surface area contributed by atoms with Gasteiger partial charge in [0.1, 0.15) is 0 Å². The maximum Gasteiger partial charge on any atom is 0.321 e. The van der Waals surface area contributed by atoms with Crippen LogP contribution in [0.15, 0.2) is 65.3 Å². The van der Waals surface area contributed by atoms with Crippen molar-refractivity contribution < 1.29 is 18.8 Å². The number of furan rings is 1. The lowest BCUT2D eigenvalue weighted by atomic mass is 10.1. The van der Waals surface area contributed by atoms with Gasteiger partial charge in [-0.15, -0.1) is 0 Å². The second-order valence-corrected chi connectivity index (χ2v) is 9.79. The van der Waals surface area contributed by atoms with Crippen molar-refractivity contribution in [2.45, 2.75) is 26.2 Å². The summed E-state index contributed by atoms with van der Waals surface area (Å²) in [7, 11) is 0. The Hall–Kier alpha value is -4.27. The summed E-state index contributed by atoms with van der Waals surface area (Å²) >= 11 is 0. The van der Waals surface area contributed by atoms with Gasteiger partial charge in [0.25, 0.3) is 11.8 Å². The van der Waals surface area contributed by atoms with E-state index < -0.39 is 0 Å². The second kappa shape index (κ2) is 11.4. The van der Waals surface area contributed by atoms with Crippen molar-refractivity contribution in [1.82, 2.24) is 9.80 Å². The molecule has 0 saturated carbocycles. The van der Waals surface area contributed by atoms with E-state index in [-0.39, 0.29) is 23.6 Å². The predicted octanol–water partition coefficient (Wildman–Crippen LogP) is 4.82. The van der Waals surface area contributed by atoms with Crippen molar-refractivity contribution in [3.05, 3.63) is 77.7 Å². The van der Waals surface area contributed by atoms with Gasteiger partial charge in [0.15, 0.2) is 5.76 Å². The van der Waals surface area contributed by atoms with Crippen LogP contribution in [0.4, 0.5) is 21.9 Å². The summed E-state index contributed by atoms with van der Waals surface area (Å²) in [6.07, 6.45) is 4.56. The average molecular weight is 516 g/mol. The molecule has 3 heterocycles. The molecule has 2 fully saturated rings. The molecule has 0 bridgehead atoms. The number of nitrogens with one attached hydrogen (secondary N) is 2. The second-order valence-electron chi connectivity index (χ2n) is 9.79. The van der Waals surface area contributed by atoms with Crippen LogP contribution in [0.3, 0.4) is 0 Å². The number of likely N-dealkylation sites (tertiary alicyclic amines) is 1. The van der Waals surface area contributed by atoms with Crippen molar-refractivity contribution in [2.75, 3.05) is 54.8 Å². The van der Waals surface area contributed by atoms with Crippen molar-refractivity contribution in [1.29, 1.82) is 0 Å². The van der Waals surface area contributed by atoms with Gasteiger partial charge < -0.3 is 29.8 Å². The molecule has 4 amide bonds. The monoisotopic (exact) mass is 515 g/mol. The zero-order valence-corrected chi connectivity index (χ0v) is 21.6. The van der Waals surface area contributed by atoms with E-state index in [1.54, 1.807) is 29.2 Å². The number of amides is 4. The Morgan fingerprint density at radius 2 is 1.53 bits per heavy atom. The number of nitrogens with zero attached hydrogens (tertiary/aromatic N) is 3. The Bertz CT molecular complexity index is 1290. The van der Waals surface area contributed by atoms with E-state index in [0.29, 0.717) is 37.4 Å². The van der Waals surface area contributed by atoms with Crippen molar-refractivity contribution in [2.24, 2.45) is 0 Å². The lowest BCUT2D eigenvalue weighted by Gasteiger charge is -2.37. The highest BCUT2D eigenvalue weighted by Gasteiger charge is 2.27. The van der Waals surface area contributed by atoms with Gasteiger partial charge in [-0.05, 0) is 74.2 Å². The fraction of sp³-hybridized carbons (Fsp3) is 0.345. The van der Waals surface area contributed by atoms with E-state index in [0.717, 1.165) is 49.3 Å². The third-order valence-corrected chi connectivity index (χ3v) is 7.05. The van der Waals surface area contributed by atoms with E-state index in [9.17, 15) is 14.4 Å². The van der Waals surface area contributed by atoms with Crippen LogP contribution in [0, 0.1) is 6.92 Å². The minimum absolute atomic E-state index is 0.0339. The summed E-state index contributed by atoms with van der Waals surface area (Å²) in [5, 5.41) is 5.82. The van der Waals surface area contributed by atoms with Crippen molar-refractivity contribution in [3.63, 3.8) is 0 Å². The van der Waals surface area contributed by atoms with Crippen molar-refractivity contribution in [3.8, 4) is 0 Å². The lowest BCUT2D eigenvalue weighted by molar-refractivity contribution is 0.0724. The number of benzene rings is 2. The molecule has 9 nitrogen and oxygen atoms in total. The van der Waals surface area contributed by atoms with Gasteiger partial charge in [0.2, 0.25) is 0 Å². The van der Waals surface area contributed by atoms with Gasteiger partial charge in [-0.3, -0.25) is 9.59 Å². The number of carbonyl (C=O) groups is 3. The minimum atomic E-state index is -0.368. The molecule has 9 heteroatoms. The molecule has 2 aromatic carbocycles. The molecule has 0 radical (unpaired) electrons. The first-order chi connectivity index (χ1) is 18.5. The molecule has 0 unspecified atom stereocenters. The number of piperazine rings is 1. The van der Waals surface area contributed by atoms with Crippen LogP contribution in [-0.2, 0) is 0 Å². The SMILES string of the molecule is Cc1cccc(NC(=O)N2CCN(c3ccc(NC(=O)c4ccco4)cc3C(=O)N3CCCCC3)CC2)c1. The first kappa shape index (κ1) is 25.4. The Morgan fingerprint density at radius 3 is 2.24 bits per heavy atom. The number of piperidine rings is 1. The Labute approximate surface area is 222 Å². The molecule has 1 aromatic heterocycles. The number of rotatable bonds is 5. The molecule has 0 aliphatic carbocycles. The molecule has 5 rings (SSSR count). The highest BCUT2D eigenvalue weighted by molar-refractivity contribution is 6.05.